The first-order valence-corrected chi connectivity index (χ1v) is 10.8. The van der Waals surface area contributed by atoms with Gasteiger partial charge in [0.1, 0.15) is 0 Å². The number of piperazine rings is 1. The van der Waals surface area contributed by atoms with Crippen molar-refractivity contribution in [1.29, 1.82) is 0 Å². The van der Waals surface area contributed by atoms with Crippen molar-refractivity contribution in [3.05, 3.63) is 30.3 Å². The molecule has 0 radical (unpaired) electrons. The van der Waals surface area contributed by atoms with E-state index in [4.69, 9.17) is 0 Å². The second-order valence-corrected chi connectivity index (χ2v) is 9.31. The Bertz CT molecular complexity index is 798. The Labute approximate surface area is 146 Å². The molecule has 0 spiro atoms. The number of sulfone groups is 1. The van der Waals surface area contributed by atoms with Gasteiger partial charge in [0.05, 0.1) is 11.5 Å². The predicted octanol–water partition coefficient (Wildman–Crippen LogP) is 1.51. The van der Waals surface area contributed by atoms with Gasteiger partial charge in [-0.1, -0.05) is 30.3 Å². The van der Waals surface area contributed by atoms with Gasteiger partial charge in [-0.2, -0.15) is 9.36 Å². The number of benzene rings is 1. The van der Waals surface area contributed by atoms with E-state index in [1.54, 1.807) is 0 Å². The summed E-state index contributed by atoms with van der Waals surface area (Å²) in [6, 6.07) is 10.2. The van der Waals surface area contributed by atoms with Crippen LogP contribution in [-0.4, -0.2) is 66.4 Å². The first-order valence-electron chi connectivity index (χ1n) is 8.19. The first kappa shape index (κ1) is 16.0. The molecule has 2 aliphatic heterocycles. The topological polar surface area (TPSA) is 66.4 Å². The van der Waals surface area contributed by atoms with Gasteiger partial charge in [-0.25, -0.2) is 8.42 Å². The molecule has 24 heavy (non-hydrogen) atoms. The molecular weight excluding hydrogens is 344 g/mol. The minimum Gasteiger partial charge on any atom is -0.344 e. The SMILES string of the molecule is O=S1(=O)CCC(N2CCN(c3nc(-c4ccccc4)ns3)CC2)C1. The fourth-order valence-electron chi connectivity index (χ4n) is 3.39. The Morgan fingerprint density at radius 2 is 1.83 bits per heavy atom. The number of hydrogen-bond donors (Lipinski definition) is 0. The summed E-state index contributed by atoms with van der Waals surface area (Å²) >= 11 is 1.43. The standard InChI is InChI=1S/C16H20N4O2S2/c21-24(22)11-6-14(12-24)19-7-9-20(10-8-19)16-17-15(18-23-16)13-4-2-1-3-5-13/h1-5,14H,6-12H2. The second kappa shape index (κ2) is 6.42. The zero-order valence-corrected chi connectivity index (χ0v) is 15.0. The third-order valence-electron chi connectivity index (χ3n) is 4.76. The lowest BCUT2D eigenvalue weighted by molar-refractivity contribution is 0.200. The third-order valence-corrected chi connectivity index (χ3v) is 7.28. The third kappa shape index (κ3) is 3.31. The molecule has 2 aromatic rings. The molecule has 0 bridgehead atoms. The molecule has 2 aliphatic rings. The van der Waals surface area contributed by atoms with Crippen molar-refractivity contribution in [2.24, 2.45) is 0 Å². The van der Waals surface area contributed by atoms with Crippen LogP contribution in [0.4, 0.5) is 5.13 Å². The molecule has 6 nitrogen and oxygen atoms in total. The minimum absolute atomic E-state index is 0.200. The molecule has 4 rings (SSSR count). The summed E-state index contributed by atoms with van der Waals surface area (Å²) < 4.78 is 27.8. The Morgan fingerprint density at radius 3 is 2.50 bits per heavy atom. The van der Waals surface area contributed by atoms with Crippen molar-refractivity contribution in [2.45, 2.75) is 12.5 Å². The van der Waals surface area contributed by atoms with Crippen molar-refractivity contribution in [2.75, 3.05) is 42.6 Å². The van der Waals surface area contributed by atoms with Crippen LogP contribution in [0.15, 0.2) is 30.3 Å². The summed E-state index contributed by atoms with van der Waals surface area (Å²) in [4.78, 5) is 9.24. The number of nitrogens with zero attached hydrogens (tertiary/aromatic N) is 4. The maximum atomic E-state index is 11.7. The van der Waals surface area contributed by atoms with Crippen LogP contribution in [0.2, 0.25) is 0 Å². The number of rotatable bonds is 3. The zero-order valence-electron chi connectivity index (χ0n) is 13.3. The Kier molecular flexibility index (Phi) is 4.28. The van der Waals surface area contributed by atoms with E-state index in [-0.39, 0.29) is 6.04 Å². The molecule has 0 aliphatic carbocycles. The summed E-state index contributed by atoms with van der Waals surface area (Å²) in [7, 11) is -2.81. The largest absolute Gasteiger partial charge is 0.344 e. The van der Waals surface area contributed by atoms with Crippen LogP contribution < -0.4 is 4.90 Å². The molecular formula is C16H20N4O2S2. The number of anilines is 1. The highest BCUT2D eigenvalue weighted by Gasteiger charge is 2.34. The number of hydrogen-bond acceptors (Lipinski definition) is 7. The van der Waals surface area contributed by atoms with Crippen LogP contribution in [0.1, 0.15) is 6.42 Å². The van der Waals surface area contributed by atoms with E-state index in [9.17, 15) is 8.42 Å². The van der Waals surface area contributed by atoms with Crippen molar-refractivity contribution >= 4 is 26.5 Å². The fraction of sp³-hybridized carbons (Fsp3) is 0.500. The Hall–Kier alpha value is -1.51. The van der Waals surface area contributed by atoms with Gasteiger partial charge in [-0.3, -0.25) is 4.90 Å². The van der Waals surface area contributed by atoms with Crippen LogP contribution >= 0.6 is 11.5 Å². The smallest absolute Gasteiger partial charge is 0.205 e. The van der Waals surface area contributed by atoms with Crippen LogP contribution in [0.3, 0.4) is 0 Å². The lowest BCUT2D eigenvalue weighted by Crippen LogP contribution is -2.50. The van der Waals surface area contributed by atoms with Crippen LogP contribution in [-0.2, 0) is 9.84 Å². The van der Waals surface area contributed by atoms with E-state index >= 15 is 0 Å². The average Bonchev–Trinajstić information content (AvgIpc) is 3.23. The Balaban J connectivity index is 1.39. The highest BCUT2D eigenvalue weighted by molar-refractivity contribution is 7.91. The summed E-state index contributed by atoms with van der Waals surface area (Å²) in [6.07, 6.45) is 0.777. The van der Waals surface area contributed by atoms with E-state index in [0.29, 0.717) is 11.5 Å². The van der Waals surface area contributed by atoms with Crippen LogP contribution in [0.5, 0.6) is 0 Å². The van der Waals surface area contributed by atoms with E-state index < -0.39 is 9.84 Å². The lowest BCUT2D eigenvalue weighted by Gasteiger charge is -2.37. The van der Waals surface area contributed by atoms with Crippen molar-refractivity contribution < 1.29 is 8.42 Å². The van der Waals surface area contributed by atoms with Gasteiger partial charge in [0, 0.05) is 49.3 Å². The monoisotopic (exact) mass is 364 g/mol. The van der Waals surface area contributed by atoms with Gasteiger partial charge in [0.25, 0.3) is 0 Å². The van der Waals surface area contributed by atoms with Crippen molar-refractivity contribution in [3.63, 3.8) is 0 Å². The van der Waals surface area contributed by atoms with Crippen LogP contribution in [0.25, 0.3) is 11.4 Å². The normalized spacial score (nSPS) is 24.3. The molecule has 0 amide bonds. The van der Waals surface area contributed by atoms with E-state index in [0.717, 1.165) is 49.1 Å². The van der Waals surface area contributed by atoms with E-state index in [2.05, 4.69) is 19.2 Å². The molecule has 0 N–H and O–H groups in total. The molecule has 8 heteroatoms. The summed E-state index contributed by atoms with van der Waals surface area (Å²) in [5.41, 5.74) is 1.04. The van der Waals surface area contributed by atoms with Gasteiger partial charge in [-0.15, -0.1) is 0 Å². The van der Waals surface area contributed by atoms with Crippen molar-refractivity contribution in [3.8, 4) is 11.4 Å². The minimum atomic E-state index is -2.81. The molecule has 1 atom stereocenters. The predicted molar refractivity (Wildman–Crippen MR) is 96.2 cm³/mol. The van der Waals surface area contributed by atoms with Crippen LogP contribution in [0, 0.1) is 0 Å². The van der Waals surface area contributed by atoms with E-state index in [1.165, 1.54) is 11.5 Å². The quantitative estimate of drug-likeness (QED) is 0.823. The highest BCUT2D eigenvalue weighted by Crippen LogP contribution is 2.26. The van der Waals surface area contributed by atoms with Crippen molar-refractivity contribution in [1.82, 2.24) is 14.3 Å². The van der Waals surface area contributed by atoms with Gasteiger partial charge in [-0.05, 0) is 6.42 Å². The summed E-state index contributed by atoms with van der Waals surface area (Å²) in [5, 5.41) is 0.951. The summed E-state index contributed by atoms with van der Waals surface area (Å²) in [5.74, 6) is 1.44. The zero-order chi connectivity index (χ0) is 16.6. The highest BCUT2D eigenvalue weighted by atomic mass is 32.2. The van der Waals surface area contributed by atoms with Gasteiger partial charge in [0.15, 0.2) is 15.7 Å². The van der Waals surface area contributed by atoms with Gasteiger partial charge in [0.2, 0.25) is 5.13 Å². The van der Waals surface area contributed by atoms with Gasteiger partial charge < -0.3 is 4.90 Å². The molecule has 1 unspecified atom stereocenters. The number of aromatic nitrogens is 2. The first-order chi connectivity index (χ1) is 11.6. The molecule has 1 aromatic heterocycles. The molecule has 3 heterocycles. The molecule has 0 saturated carbocycles. The lowest BCUT2D eigenvalue weighted by atomic mass is 10.2. The van der Waals surface area contributed by atoms with E-state index in [1.807, 2.05) is 30.3 Å². The maximum Gasteiger partial charge on any atom is 0.205 e. The molecule has 128 valence electrons. The molecule has 2 fully saturated rings. The Morgan fingerprint density at radius 1 is 1.08 bits per heavy atom. The molecule has 1 aromatic carbocycles. The average molecular weight is 364 g/mol. The maximum absolute atomic E-state index is 11.7. The molecule has 2 saturated heterocycles. The van der Waals surface area contributed by atoms with Gasteiger partial charge >= 0.3 is 0 Å². The summed E-state index contributed by atoms with van der Waals surface area (Å²) in [6.45, 7) is 3.53. The second-order valence-electron chi connectivity index (χ2n) is 6.35. The fourth-order valence-corrected chi connectivity index (χ4v) is 5.89.